The molecule has 7 unspecified atom stereocenters. The first-order valence-corrected chi connectivity index (χ1v) is 29.1. The molecule has 7 atom stereocenters. The predicted molar refractivity (Wildman–Crippen MR) is 273 cm³/mol. The maximum atomic E-state index is 13.1. The third-order valence-electron chi connectivity index (χ3n) is 13.2. The van der Waals surface area contributed by atoms with Crippen molar-refractivity contribution in [1.82, 2.24) is 5.32 Å². The van der Waals surface area contributed by atoms with E-state index in [2.05, 4.69) is 35.5 Å². The van der Waals surface area contributed by atoms with E-state index >= 15 is 0 Å². The van der Waals surface area contributed by atoms with E-state index in [1.807, 2.05) is 6.08 Å². The van der Waals surface area contributed by atoms with Crippen LogP contribution in [0, 0.1) is 0 Å². The Morgan fingerprint density at radius 2 is 0.955 bits per heavy atom. The molecule has 1 rings (SSSR count). The minimum absolute atomic E-state index is 0.264. The molecule has 0 aromatic carbocycles. The number of hydrogen-bond donors (Lipinski definition) is 6. The molecular weight excluding hydrogens is 871 g/mol. The fourth-order valence-electron chi connectivity index (χ4n) is 8.92. The Morgan fingerprint density at radius 1 is 0.582 bits per heavy atom. The van der Waals surface area contributed by atoms with Gasteiger partial charge >= 0.3 is 10.4 Å². The average molecular weight is 974 g/mol. The molecule has 0 aromatic heterocycles. The lowest BCUT2D eigenvalue weighted by molar-refractivity contribution is -0.298. The first-order chi connectivity index (χ1) is 32.5. The molecule has 1 amide bonds. The summed E-state index contributed by atoms with van der Waals surface area (Å²) in [5.74, 6) is -0.264. The van der Waals surface area contributed by atoms with E-state index in [9.17, 15) is 38.2 Å². The van der Waals surface area contributed by atoms with Gasteiger partial charge < -0.3 is 35.2 Å². The van der Waals surface area contributed by atoms with E-state index in [0.717, 1.165) is 44.9 Å². The number of rotatable bonds is 48. The lowest BCUT2D eigenvalue weighted by Gasteiger charge is -2.41. The normalized spacial score (nSPS) is 20.0. The van der Waals surface area contributed by atoms with E-state index in [4.69, 9.17) is 9.47 Å². The number of aliphatic hydroxyl groups excluding tert-OH is 4. The third kappa shape index (κ3) is 37.1. The summed E-state index contributed by atoms with van der Waals surface area (Å²) in [4.78, 5) is 13.1. The number of amides is 1. The quantitative estimate of drug-likeness (QED) is 0.0193. The van der Waals surface area contributed by atoms with Crippen LogP contribution >= 0.6 is 0 Å². The second-order valence-electron chi connectivity index (χ2n) is 19.5. The van der Waals surface area contributed by atoms with Gasteiger partial charge in [0.1, 0.15) is 24.4 Å². The lowest BCUT2D eigenvalue weighted by atomic mass is 9.99. The van der Waals surface area contributed by atoms with E-state index in [-0.39, 0.29) is 18.9 Å². The highest BCUT2D eigenvalue weighted by Gasteiger charge is 2.48. The summed E-state index contributed by atoms with van der Waals surface area (Å²) < 4.78 is 47.8. The van der Waals surface area contributed by atoms with E-state index < -0.39 is 59.9 Å². The molecule has 0 aliphatic carbocycles. The number of aliphatic hydroxyl groups is 4. The predicted octanol–water partition coefficient (Wildman–Crippen LogP) is 12.5. The second-order valence-corrected chi connectivity index (χ2v) is 20.6. The largest absolute Gasteiger partial charge is 0.397 e. The summed E-state index contributed by atoms with van der Waals surface area (Å²) in [5.41, 5.74) is 0. The summed E-state index contributed by atoms with van der Waals surface area (Å²) in [6.45, 7) is 3.42. The molecule has 13 heteroatoms. The number of nitrogens with one attached hydrogen (secondary N) is 1. The zero-order valence-corrected chi connectivity index (χ0v) is 43.5. The molecule has 0 aromatic rings. The first-order valence-electron chi connectivity index (χ1n) is 27.7. The van der Waals surface area contributed by atoms with Crippen molar-refractivity contribution in [2.24, 2.45) is 0 Å². The van der Waals surface area contributed by atoms with Gasteiger partial charge in [0.05, 0.1) is 25.4 Å². The van der Waals surface area contributed by atoms with Gasteiger partial charge in [0, 0.05) is 6.42 Å². The molecule has 0 radical (unpaired) electrons. The van der Waals surface area contributed by atoms with Gasteiger partial charge in [-0.25, -0.2) is 4.18 Å². The van der Waals surface area contributed by atoms with Gasteiger partial charge in [-0.05, 0) is 44.9 Å². The Labute approximate surface area is 410 Å². The maximum Gasteiger partial charge on any atom is 0.397 e. The average Bonchev–Trinajstić information content (AvgIpc) is 3.30. The van der Waals surface area contributed by atoms with Crippen LogP contribution in [0.2, 0.25) is 0 Å². The van der Waals surface area contributed by atoms with E-state index in [1.54, 1.807) is 6.08 Å². The van der Waals surface area contributed by atoms with Crippen molar-refractivity contribution < 1.29 is 51.8 Å². The van der Waals surface area contributed by atoms with Gasteiger partial charge in [-0.2, -0.15) is 8.42 Å². The van der Waals surface area contributed by atoms with Crippen LogP contribution in [0.4, 0.5) is 0 Å². The van der Waals surface area contributed by atoms with Crippen LogP contribution < -0.4 is 5.32 Å². The Hall–Kier alpha value is -1.42. The van der Waals surface area contributed by atoms with Crippen molar-refractivity contribution in [3.8, 4) is 0 Å². The van der Waals surface area contributed by atoms with Crippen molar-refractivity contribution in [3.63, 3.8) is 0 Å². The number of carbonyl (C=O) groups excluding carboxylic acids is 1. The van der Waals surface area contributed by atoms with Gasteiger partial charge in [0.15, 0.2) is 6.29 Å². The van der Waals surface area contributed by atoms with Crippen LogP contribution in [0.15, 0.2) is 24.3 Å². The number of hydrogen-bond acceptors (Lipinski definition) is 10. The van der Waals surface area contributed by atoms with Gasteiger partial charge in [0.25, 0.3) is 0 Å². The number of unbranched alkanes of at least 4 members (excludes halogenated alkanes) is 34. The highest BCUT2D eigenvalue weighted by molar-refractivity contribution is 7.80. The molecule has 1 saturated heterocycles. The highest BCUT2D eigenvalue weighted by atomic mass is 32.3. The van der Waals surface area contributed by atoms with Crippen LogP contribution in [0.1, 0.15) is 258 Å². The van der Waals surface area contributed by atoms with Gasteiger partial charge in [0.2, 0.25) is 5.91 Å². The third-order valence-corrected chi connectivity index (χ3v) is 13.7. The molecule has 0 bridgehead atoms. The van der Waals surface area contributed by atoms with Gasteiger partial charge in [-0.3, -0.25) is 9.35 Å². The molecule has 6 N–H and O–H groups in total. The molecule has 0 spiro atoms. The minimum Gasteiger partial charge on any atom is -0.394 e. The van der Waals surface area contributed by atoms with E-state index in [0.29, 0.717) is 6.42 Å². The molecule has 1 fully saturated rings. The van der Waals surface area contributed by atoms with Crippen LogP contribution in [0.3, 0.4) is 0 Å². The zero-order valence-electron chi connectivity index (χ0n) is 42.7. The number of ether oxygens (including phenoxy) is 2. The molecule has 0 saturated carbocycles. The summed E-state index contributed by atoms with van der Waals surface area (Å²) in [5, 5.41) is 44.9. The first kappa shape index (κ1) is 63.6. The smallest absolute Gasteiger partial charge is 0.394 e. The topological polar surface area (TPSA) is 192 Å². The molecule has 396 valence electrons. The van der Waals surface area contributed by atoms with Gasteiger partial charge in [-0.15, -0.1) is 0 Å². The molecule has 1 aliphatic heterocycles. The monoisotopic (exact) mass is 974 g/mol. The maximum absolute atomic E-state index is 13.1. The SMILES string of the molecule is CCCCCCCCCCCC/C=C\CCCCCCCCCC(=O)NC(COC1OC(CO)C(O)C(OS(=O)(=O)O)C1O)C(O)/C=C/CCCCCCCCCCCCCCCCCCC. The second kappa shape index (κ2) is 44.5. The number of allylic oxidation sites excluding steroid dienone is 3. The van der Waals surface area contributed by atoms with Crippen LogP contribution in [-0.2, 0) is 28.9 Å². The van der Waals surface area contributed by atoms with E-state index in [1.165, 1.54) is 186 Å². The zero-order chi connectivity index (χ0) is 49.1. The fourth-order valence-corrected chi connectivity index (χ4v) is 9.43. The molecule has 1 aliphatic rings. The minimum atomic E-state index is -5.09. The summed E-state index contributed by atoms with van der Waals surface area (Å²) in [6, 6.07) is -0.945. The highest BCUT2D eigenvalue weighted by Crippen LogP contribution is 2.26. The lowest BCUT2D eigenvalue weighted by Crippen LogP contribution is -2.61. The van der Waals surface area contributed by atoms with Crippen LogP contribution in [0.25, 0.3) is 0 Å². The Balaban J connectivity index is 2.42. The van der Waals surface area contributed by atoms with Crippen molar-refractivity contribution >= 4 is 16.3 Å². The van der Waals surface area contributed by atoms with Crippen molar-refractivity contribution in [3.05, 3.63) is 24.3 Å². The Kier molecular flexibility index (Phi) is 42.3. The Bertz CT molecular complexity index is 1280. The fraction of sp³-hybridized carbons (Fsp3) is 0.907. The Morgan fingerprint density at radius 3 is 1.34 bits per heavy atom. The van der Waals surface area contributed by atoms with Crippen molar-refractivity contribution in [2.45, 2.75) is 301 Å². The van der Waals surface area contributed by atoms with Crippen molar-refractivity contribution in [1.29, 1.82) is 0 Å². The van der Waals surface area contributed by atoms with Crippen molar-refractivity contribution in [2.75, 3.05) is 13.2 Å². The summed E-state index contributed by atoms with van der Waals surface area (Å²) in [7, 11) is -5.09. The van der Waals surface area contributed by atoms with Crippen LogP contribution in [0.5, 0.6) is 0 Å². The molecular formula is C54H103NO11S. The summed E-state index contributed by atoms with van der Waals surface area (Å²) in [6.07, 6.45) is 45.0. The van der Waals surface area contributed by atoms with Gasteiger partial charge in [-0.1, -0.05) is 231 Å². The molecule has 67 heavy (non-hydrogen) atoms. The standard InChI is InChI=1S/C54H103NO11S/c1-3-5-7-9-11-13-15-17-19-21-23-24-26-28-30-32-34-36-38-40-42-44-50(58)55-47(46-64-54-52(60)53(66-67(61,62)63)51(59)49(45-56)65-54)48(57)43-41-39-37-35-33-31-29-27-25-22-20-18-16-14-12-10-8-6-4-2/h24,26,41,43,47-49,51-54,56-57,59-60H,3-23,25,27-40,42,44-46H2,1-2H3,(H,55,58)(H,61,62,63)/b26-24-,43-41+. The molecule has 1 heterocycles. The van der Waals surface area contributed by atoms with Crippen LogP contribution in [-0.4, -0.2) is 95.4 Å². The molecule has 12 nitrogen and oxygen atoms in total. The number of carbonyl (C=O) groups is 1. The summed E-state index contributed by atoms with van der Waals surface area (Å²) >= 11 is 0.